The van der Waals surface area contributed by atoms with Crippen molar-refractivity contribution in [3.63, 3.8) is 0 Å². The summed E-state index contributed by atoms with van der Waals surface area (Å²) in [6.45, 7) is 7.62. The lowest BCUT2D eigenvalue weighted by Gasteiger charge is -2.23. The van der Waals surface area contributed by atoms with Crippen LogP contribution in [0, 0.1) is 0 Å². The number of hydrogen-bond donors (Lipinski definition) is 0. The molecule has 154 valence electrons. The standard InChI is InChI=1S/C23H29N3O2S/c1-4-26-22(14-16-24-26)18-25(17-15-20-8-6-5-7-9-20)29(27,28)23-12-10-21(11-13-23)19(2)3/h5-14,16,19H,4,15,17-18H2,1-3H3. The third-order valence-corrected chi connectivity index (χ3v) is 6.98. The Labute approximate surface area is 174 Å². The molecular formula is C23H29N3O2S. The van der Waals surface area contributed by atoms with Gasteiger partial charge in [0.2, 0.25) is 10.0 Å². The van der Waals surface area contributed by atoms with Crippen LogP contribution in [0.5, 0.6) is 0 Å². The summed E-state index contributed by atoms with van der Waals surface area (Å²) in [5, 5.41) is 4.29. The summed E-state index contributed by atoms with van der Waals surface area (Å²) in [6.07, 6.45) is 2.38. The molecule has 0 aliphatic heterocycles. The predicted molar refractivity (Wildman–Crippen MR) is 116 cm³/mol. The number of sulfonamides is 1. The second-order valence-electron chi connectivity index (χ2n) is 7.44. The molecule has 0 saturated heterocycles. The van der Waals surface area contributed by atoms with Crippen molar-refractivity contribution in [3.8, 4) is 0 Å². The van der Waals surface area contributed by atoms with Crippen LogP contribution in [-0.4, -0.2) is 29.0 Å². The first-order valence-corrected chi connectivity index (χ1v) is 11.5. The summed E-state index contributed by atoms with van der Waals surface area (Å²) in [5.74, 6) is 0.361. The third-order valence-electron chi connectivity index (χ3n) is 5.12. The van der Waals surface area contributed by atoms with Gasteiger partial charge in [0.15, 0.2) is 0 Å². The molecule has 0 bridgehead atoms. The summed E-state index contributed by atoms with van der Waals surface area (Å²) < 4.78 is 30.3. The maximum absolute atomic E-state index is 13.5. The van der Waals surface area contributed by atoms with Crippen molar-refractivity contribution in [2.45, 2.75) is 51.1 Å². The van der Waals surface area contributed by atoms with Gasteiger partial charge < -0.3 is 0 Å². The van der Waals surface area contributed by atoms with Crippen LogP contribution >= 0.6 is 0 Å². The lowest BCUT2D eigenvalue weighted by molar-refractivity contribution is 0.394. The molecule has 2 aromatic carbocycles. The quantitative estimate of drug-likeness (QED) is 0.522. The Hall–Kier alpha value is -2.44. The van der Waals surface area contributed by atoms with Crippen molar-refractivity contribution >= 4 is 10.0 Å². The summed E-state index contributed by atoms with van der Waals surface area (Å²) in [5.41, 5.74) is 3.14. The topological polar surface area (TPSA) is 55.2 Å². The highest BCUT2D eigenvalue weighted by Crippen LogP contribution is 2.22. The molecule has 0 unspecified atom stereocenters. The third kappa shape index (κ3) is 5.14. The van der Waals surface area contributed by atoms with Crippen molar-refractivity contribution < 1.29 is 8.42 Å². The average molecular weight is 412 g/mol. The molecule has 6 heteroatoms. The van der Waals surface area contributed by atoms with Crippen molar-refractivity contribution in [1.82, 2.24) is 14.1 Å². The van der Waals surface area contributed by atoms with Gasteiger partial charge in [0.1, 0.15) is 0 Å². The molecule has 29 heavy (non-hydrogen) atoms. The molecule has 0 radical (unpaired) electrons. The summed E-state index contributed by atoms with van der Waals surface area (Å²) >= 11 is 0. The van der Waals surface area contributed by atoms with E-state index in [1.54, 1.807) is 22.6 Å². The van der Waals surface area contributed by atoms with Crippen LogP contribution in [0.2, 0.25) is 0 Å². The van der Waals surface area contributed by atoms with Crippen LogP contribution in [0.15, 0.2) is 71.8 Å². The van der Waals surface area contributed by atoms with Crippen LogP contribution in [0.4, 0.5) is 0 Å². The molecule has 1 heterocycles. The van der Waals surface area contributed by atoms with Gasteiger partial charge in [-0.25, -0.2) is 8.42 Å². The normalized spacial score (nSPS) is 12.0. The highest BCUT2D eigenvalue weighted by atomic mass is 32.2. The smallest absolute Gasteiger partial charge is 0.243 e. The van der Waals surface area contributed by atoms with E-state index < -0.39 is 10.0 Å². The highest BCUT2D eigenvalue weighted by molar-refractivity contribution is 7.89. The zero-order chi connectivity index (χ0) is 20.9. The van der Waals surface area contributed by atoms with Crippen LogP contribution in [0.1, 0.15) is 43.5 Å². The molecule has 0 aliphatic rings. The van der Waals surface area contributed by atoms with E-state index in [9.17, 15) is 8.42 Å². The molecule has 0 atom stereocenters. The molecule has 3 aromatic rings. The van der Waals surface area contributed by atoms with Crippen molar-refractivity contribution in [2.24, 2.45) is 0 Å². The molecular weight excluding hydrogens is 382 g/mol. The van der Waals surface area contributed by atoms with Gasteiger partial charge in [-0.1, -0.05) is 56.3 Å². The van der Waals surface area contributed by atoms with E-state index in [0.29, 0.717) is 36.9 Å². The lowest BCUT2D eigenvalue weighted by Crippen LogP contribution is -2.33. The van der Waals surface area contributed by atoms with Crippen LogP contribution in [0.25, 0.3) is 0 Å². The zero-order valence-corrected chi connectivity index (χ0v) is 18.1. The van der Waals surface area contributed by atoms with Crippen molar-refractivity contribution in [3.05, 3.63) is 83.7 Å². The number of hydrogen-bond acceptors (Lipinski definition) is 3. The second kappa shape index (κ2) is 9.37. The van der Waals surface area contributed by atoms with E-state index >= 15 is 0 Å². The molecule has 3 rings (SSSR count). The van der Waals surface area contributed by atoms with Crippen LogP contribution in [0.3, 0.4) is 0 Å². The number of aryl methyl sites for hydroxylation is 1. The van der Waals surface area contributed by atoms with E-state index in [1.165, 1.54) is 0 Å². The van der Waals surface area contributed by atoms with Crippen molar-refractivity contribution in [2.75, 3.05) is 6.54 Å². The lowest BCUT2D eigenvalue weighted by atomic mass is 10.0. The van der Waals surface area contributed by atoms with Gasteiger partial charge in [-0.3, -0.25) is 4.68 Å². The molecule has 5 nitrogen and oxygen atoms in total. The molecule has 0 fully saturated rings. The van der Waals surface area contributed by atoms with Crippen LogP contribution in [-0.2, 0) is 29.5 Å². The summed E-state index contributed by atoms with van der Waals surface area (Å²) in [4.78, 5) is 0.331. The molecule has 0 saturated carbocycles. The van der Waals surface area contributed by atoms with E-state index in [0.717, 1.165) is 16.8 Å². The Morgan fingerprint density at radius 1 is 1.00 bits per heavy atom. The van der Waals surface area contributed by atoms with Crippen molar-refractivity contribution in [1.29, 1.82) is 0 Å². The van der Waals surface area contributed by atoms with E-state index in [2.05, 4.69) is 18.9 Å². The molecule has 0 N–H and O–H groups in total. The molecule has 0 spiro atoms. The first-order chi connectivity index (χ1) is 13.9. The molecule has 1 aromatic heterocycles. The van der Waals surface area contributed by atoms with E-state index in [4.69, 9.17) is 0 Å². The Bertz CT molecular complexity index is 1010. The van der Waals surface area contributed by atoms with Gasteiger partial charge in [0.25, 0.3) is 0 Å². The fraction of sp³-hybridized carbons (Fsp3) is 0.348. The van der Waals surface area contributed by atoms with Gasteiger partial charge in [-0.2, -0.15) is 9.40 Å². The molecule has 0 amide bonds. The Kier molecular flexibility index (Phi) is 6.87. The summed E-state index contributed by atoms with van der Waals surface area (Å²) in [6, 6.07) is 19.1. The highest BCUT2D eigenvalue weighted by Gasteiger charge is 2.25. The first kappa shape index (κ1) is 21.3. The van der Waals surface area contributed by atoms with Gasteiger partial charge in [0.05, 0.1) is 17.1 Å². The number of aromatic nitrogens is 2. The Balaban J connectivity index is 1.89. The van der Waals surface area contributed by atoms with Gasteiger partial charge >= 0.3 is 0 Å². The predicted octanol–water partition coefficient (Wildman–Crippen LogP) is 4.46. The first-order valence-electron chi connectivity index (χ1n) is 10.1. The number of nitrogens with zero attached hydrogens (tertiary/aromatic N) is 3. The van der Waals surface area contributed by atoms with Gasteiger partial charge in [0, 0.05) is 19.3 Å². The minimum absolute atomic E-state index is 0.301. The Morgan fingerprint density at radius 2 is 1.69 bits per heavy atom. The fourth-order valence-electron chi connectivity index (χ4n) is 3.32. The van der Waals surface area contributed by atoms with E-state index in [1.807, 2.05) is 60.1 Å². The maximum Gasteiger partial charge on any atom is 0.243 e. The molecule has 0 aliphatic carbocycles. The SMILES string of the molecule is CCn1nccc1CN(CCc1ccccc1)S(=O)(=O)c1ccc(C(C)C)cc1. The van der Waals surface area contributed by atoms with Gasteiger partial charge in [-0.15, -0.1) is 0 Å². The monoisotopic (exact) mass is 411 g/mol. The summed E-state index contributed by atoms with van der Waals surface area (Å²) in [7, 11) is -3.62. The Morgan fingerprint density at radius 3 is 2.31 bits per heavy atom. The minimum atomic E-state index is -3.62. The van der Waals surface area contributed by atoms with Gasteiger partial charge in [-0.05, 0) is 48.6 Å². The largest absolute Gasteiger partial charge is 0.269 e. The number of rotatable bonds is 9. The van der Waals surface area contributed by atoms with E-state index in [-0.39, 0.29) is 0 Å². The van der Waals surface area contributed by atoms with Crippen LogP contribution < -0.4 is 0 Å². The zero-order valence-electron chi connectivity index (χ0n) is 17.3. The number of benzene rings is 2. The maximum atomic E-state index is 13.5. The average Bonchev–Trinajstić information content (AvgIpc) is 3.19. The minimum Gasteiger partial charge on any atom is -0.269 e. The second-order valence-corrected chi connectivity index (χ2v) is 9.37. The fourth-order valence-corrected chi connectivity index (χ4v) is 4.73.